The minimum atomic E-state index is -4.69. The van der Waals surface area contributed by atoms with E-state index in [4.69, 9.17) is 5.73 Å². The van der Waals surface area contributed by atoms with Crippen LogP contribution in [0.15, 0.2) is 36.4 Å². The molecule has 0 bridgehead atoms. The van der Waals surface area contributed by atoms with Crippen LogP contribution in [0.5, 0.6) is 0 Å². The first-order valence-corrected chi connectivity index (χ1v) is 11.9. The number of nitrogens with two attached hydrogens (primary N) is 1. The maximum absolute atomic E-state index is 13.2. The molecule has 0 unspecified atom stereocenters. The van der Waals surface area contributed by atoms with E-state index in [1.165, 1.54) is 0 Å². The third-order valence-electron chi connectivity index (χ3n) is 5.97. The summed E-state index contributed by atoms with van der Waals surface area (Å²) in [5, 5.41) is 9.98. The van der Waals surface area contributed by atoms with E-state index in [0.717, 1.165) is 41.9 Å². The van der Waals surface area contributed by atoms with Crippen LogP contribution < -0.4 is 27.0 Å². The van der Waals surface area contributed by atoms with Crippen LogP contribution in [0.3, 0.4) is 0 Å². The van der Waals surface area contributed by atoms with Gasteiger partial charge in [0.25, 0.3) is 5.91 Å². The Hall–Kier alpha value is -3.80. The number of aryl methyl sites for hydroxylation is 1. The van der Waals surface area contributed by atoms with Gasteiger partial charge in [-0.25, -0.2) is 4.79 Å². The summed E-state index contributed by atoms with van der Waals surface area (Å²) < 4.78 is 39.6. The second-order valence-electron chi connectivity index (χ2n) is 8.90. The third kappa shape index (κ3) is 7.84. The van der Waals surface area contributed by atoms with Gasteiger partial charge in [0.15, 0.2) is 0 Å². The van der Waals surface area contributed by atoms with Gasteiger partial charge < -0.3 is 27.0 Å². The van der Waals surface area contributed by atoms with Crippen molar-refractivity contribution in [3.05, 3.63) is 58.7 Å². The first-order valence-electron chi connectivity index (χ1n) is 11.9. The highest BCUT2D eigenvalue weighted by molar-refractivity contribution is 6.04. The molecule has 9 nitrogen and oxygen atoms in total. The zero-order valence-corrected chi connectivity index (χ0v) is 20.7. The number of alkyl halides is 3. The van der Waals surface area contributed by atoms with Crippen molar-refractivity contribution < 1.29 is 27.6 Å². The first kappa shape index (κ1) is 27.8. The van der Waals surface area contributed by atoms with E-state index >= 15 is 0 Å². The molecule has 0 aliphatic carbocycles. The average molecular weight is 521 g/mol. The molecule has 1 aliphatic rings. The van der Waals surface area contributed by atoms with E-state index < -0.39 is 41.7 Å². The molecule has 37 heavy (non-hydrogen) atoms. The summed E-state index contributed by atoms with van der Waals surface area (Å²) in [6, 6.07) is 7.51. The summed E-state index contributed by atoms with van der Waals surface area (Å²) >= 11 is 0. The number of urea groups is 1. The van der Waals surface area contributed by atoms with Crippen molar-refractivity contribution in [2.45, 2.75) is 39.0 Å². The molecule has 6 N–H and O–H groups in total. The predicted molar refractivity (Wildman–Crippen MR) is 134 cm³/mol. The van der Waals surface area contributed by atoms with E-state index in [1.54, 1.807) is 6.92 Å². The summed E-state index contributed by atoms with van der Waals surface area (Å²) in [5.41, 5.74) is 7.21. The molecule has 0 radical (unpaired) electrons. The van der Waals surface area contributed by atoms with Gasteiger partial charge in [0, 0.05) is 37.9 Å². The van der Waals surface area contributed by atoms with Crippen LogP contribution in [0.4, 0.5) is 29.3 Å². The number of rotatable bonds is 8. The molecule has 1 fully saturated rings. The Labute approximate surface area is 213 Å². The van der Waals surface area contributed by atoms with Gasteiger partial charge in [-0.2, -0.15) is 13.2 Å². The second kappa shape index (κ2) is 12.0. The van der Waals surface area contributed by atoms with Crippen molar-refractivity contribution in [2.75, 3.05) is 37.2 Å². The van der Waals surface area contributed by atoms with Gasteiger partial charge in [-0.05, 0) is 55.7 Å². The fraction of sp³-hybridized carbons (Fsp3) is 0.400. The molecule has 4 amide bonds. The van der Waals surface area contributed by atoms with E-state index in [1.807, 2.05) is 25.1 Å². The molecule has 0 saturated carbocycles. The number of anilines is 2. The Morgan fingerprint density at radius 2 is 1.86 bits per heavy atom. The molecule has 2 aromatic carbocycles. The number of hydrogen-bond donors (Lipinski definition) is 5. The number of nitrogen functional groups attached to an aromatic ring is 1. The number of nitrogens with zero attached hydrogens (tertiary/aromatic N) is 1. The molecule has 3 rings (SSSR count). The topological polar surface area (TPSA) is 129 Å². The third-order valence-corrected chi connectivity index (χ3v) is 5.97. The fourth-order valence-electron chi connectivity index (χ4n) is 4.02. The van der Waals surface area contributed by atoms with Crippen LogP contribution in [0, 0.1) is 6.92 Å². The van der Waals surface area contributed by atoms with Crippen molar-refractivity contribution >= 4 is 29.2 Å². The van der Waals surface area contributed by atoms with Gasteiger partial charge in [0.2, 0.25) is 5.91 Å². The zero-order chi connectivity index (χ0) is 27.2. The number of hydrogen-bond acceptors (Lipinski definition) is 5. The molecule has 12 heteroatoms. The van der Waals surface area contributed by atoms with Gasteiger partial charge >= 0.3 is 12.2 Å². The maximum atomic E-state index is 13.2. The van der Waals surface area contributed by atoms with Crippen molar-refractivity contribution in [2.24, 2.45) is 0 Å². The maximum Gasteiger partial charge on any atom is 0.416 e. The molecule has 1 heterocycles. The Morgan fingerprint density at radius 3 is 2.54 bits per heavy atom. The van der Waals surface area contributed by atoms with Crippen molar-refractivity contribution in [3.8, 4) is 0 Å². The van der Waals surface area contributed by atoms with Crippen LogP contribution in [0.2, 0.25) is 0 Å². The highest BCUT2D eigenvalue weighted by atomic mass is 19.4. The number of carbonyl (C=O) groups excluding carboxylic acids is 3. The summed E-state index contributed by atoms with van der Waals surface area (Å²) in [6.45, 7) is 5.52. The number of amides is 4. The normalized spacial score (nSPS) is 15.8. The molecule has 1 atom stereocenters. The lowest BCUT2D eigenvalue weighted by molar-refractivity contribution is -0.137. The number of carbonyl (C=O) groups is 3. The number of likely N-dealkylation sites (tertiary alicyclic amines) is 1. The summed E-state index contributed by atoms with van der Waals surface area (Å²) in [5.74, 6) is -1.39. The smallest absolute Gasteiger partial charge is 0.399 e. The van der Waals surface area contributed by atoms with Crippen LogP contribution >= 0.6 is 0 Å². The molecule has 1 saturated heterocycles. The summed E-state index contributed by atoms with van der Waals surface area (Å²) in [7, 11) is 0. The van der Waals surface area contributed by atoms with E-state index in [9.17, 15) is 27.6 Å². The lowest BCUT2D eigenvalue weighted by Crippen LogP contribution is -2.43. The average Bonchev–Trinajstić information content (AvgIpc) is 3.26. The van der Waals surface area contributed by atoms with Crippen LogP contribution in [-0.4, -0.2) is 55.0 Å². The quantitative estimate of drug-likeness (QED) is 0.342. The summed E-state index contributed by atoms with van der Waals surface area (Å²) in [4.78, 5) is 39.1. The molecular formula is C25H31F3N6O3. The lowest BCUT2D eigenvalue weighted by Gasteiger charge is -2.18. The highest BCUT2D eigenvalue weighted by Gasteiger charge is 2.32. The van der Waals surface area contributed by atoms with Crippen molar-refractivity contribution in [1.29, 1.82) is 0 Å². The van der Waals surface area contributed by atoms with Gasteiger partial charge in [0.05, 0.1) is 23.4 Å². The van der Waals surface area contributed by atoms with Crippen molar-refractivity contribution in [1.82, 2.24) is 20.9 Å². The minimum Gasteiger partial charge on any atom is -0.399 e. The standard InChI is InChI=1S/C25H31F3N6O3/c1-3-30-24(37)33-21-7-6-17(25(26,27)28)11-19(21)23(36)31-12-22(35)32-18-8-9-34(14-18)13-16-5-4-15(2)20(29)10-16/h4-7,10-11,18H,3,8-9,12-14,29H2,1-2H3,(H,31,36)(H,32,35)(H2,30,33,37)/t18-/m1/s1. The van der Waals surface area contributed by atoms with E-state index in [-0.39, 0.29) is 18.3 Å². The molecule has 0 spiro atoms. The Kier molecular flexibility index (Phi) is 8.98. The highest BCUT2D eigenvalue weighted by Crippen LogP contribution is 2.32. The second-order valence-corrected chi connectivity index (χ2v) is 8.90. The summed E-state index contributed by atoms with van der Waals surface area (Å²) in [6.07, 6.45) is -3.97. The number of benzene rings is 2. The molecule has 0 aromatic heterocycles. The molecule has 2 aromatic rings. The van der Waals surface area contributed by atoms with Gasteiger partial charge in [-0.3, -0.25) is 14.5 Å². The Bertz CT molecular complexity index is 1150. The van der Waals surface area contributed by atoms with E-state index in [0.29, 0.717) is 19.2 Å². The largest absolute Gasteiger partial charge is 0.416 e. The van der Waals surface area contributed by atoms with Crippen LogP contribution in [-0.2, 0) is 17.5 Å². The number of nitrogens with one attached hydrogen (secondary N) is 4. The SMILES string of the molecule is CCNC(=O)Nc1ccc(C(F)(F)F)cc1C(=O)NCC(=O)N[C@@H]1CCN(Cc2ccc(C)c(N)c2)C1. The van der Waals surface area contributed by atoms with Gasteiger partial charge in [0.1, 0.15) is 0 Å². The molecule has 200 valence electrons. The number of halogens is 3. The van der Waals surface area contributed by atoms with Crippen molar-refractivity contribution in [3.63, 3.8) is 0 Å². The lowest BCUT2D eigenvalue weighted by atomic mass is 10.1. The van der Waals surface area contributed by atoms with E-state index in [2.05, 4.69) is 26.2 Å². The molecular weight excluding hydrogens is 489 g/mol. The zero-order valence-electron chi connectivity index (χ0n) is 20.7. The fourth-order valence-corrected chi connectivity index (χ4v) is 4.02. The monoisotopic (exact) mass is 520 g/mol. The first-order chi connectivity index (χ1) is 17.5. The van der Waals surface area contributed by atoms with Crippen LogP contribution in [0.1, 0.15) is 40.4 Å². The van der Waals surface area contributed by atoms with Gasteiger partial charge in [-0.15, -0.1) is 0 Å². The Morgan fingerprint density at radius 1 is 1.11 bits per heavy atom. The molecule has 1 aliphatic heterocycles. The predicted octanol–water partition coefficient (Wildman–Crippen LogP) is 2.86. The Balaban J connectivity index is 1.56. The van der Waals surface area contributed by atoms with Crippen LogP contribution in [0.25, 0.3) is 0 Å². The van der Waals surface area contributed by atoms with Gasteiger partial charge in [-0.1, -0.05) is 12.1 Å². The minimum absolute atomic E-state index is 0.111.